The van der Waals surface area contributed by atoms with Gasteiger partial charge in [0.25, 0.3) is 0 Å². The van der Waals surface area contributed by atoms with Crippen LogP contribution in [0, 0.1) is 5.92 Å². The monoisotopic (exact) mass is 423 g/mol. The number of ether oxygens (including phenoxy) is 1. The molecule has 7 heteroatoms. The van der Waals surface area contributed by atoms with Gasteiger partial charge >= 0.3 is 0 Å². The lowest BCUT2D eigenvalue weighted by molar-refractivity contribution is 0.129. The second kappa shape index (κ2) is 14.7. The molecule has 1 aromatic rings. The first kappa shape index (κ1) is 24.1. The van der Waals surface area contributed by atoms with Crippen LogP contribution in [0.2, 0.25) is 0 Å². The largest absolute Gasteiger partial charge is 0.381 e. The van der Waals surface area contributed by atoms with Crippen molar-refractivity contribution in [3.63, 3.8) is 0 Å². The lowest BCUT2D eigenvalue weighted by Gasteiger charge is -2.30. The van der Waals surface area contributed by atoms with Crippen molar-refractivity contribution >= 4 is 17.3 Å². The number of aliphatic imine (C=N–C) groups is 1. The van der Waals surface area contributed by atoms with Crippen LogP contribution in [-0.2, 0) is 17.7 Å². The first-order valence-corrected chi connectivity index (χ1v) is 12.4. The molecule has 1 fully saturated rings. The Kier molecular flexibility index (Phi) is 12.3. The highest BCUT2D eigenvalue weighted by Gasteiger charge is 2.19. The molecule has 0 atom stereocenters. The Hall–Kier alpha value is -1.18. The Labute approximate surface area is 181 Å². The van der Waals surface area contributed by atoms with Gasteiger partial charge in [-0.15, -0.1) is 11.3 Å². The van der Waals surface area contributed by atoms with Gasteiger partial charge in [-0.1, -0.05) is 20.3 Å². The van der Waals surface area contributed by atoms with Gasteiger partial charge in [0.15, 0.2) is 5.96 Å². The van der Waals surface area contributed by atoms with Gasteiger partial charge in [0.1, 0.15) is 0 Å². The fourth-order valence-corrected chi connectivity index (χ4v) is 4.17. The van der Waals surface area contributed by atoms with Crippen molar-refractivity contribution in [3.05, 3.63) is 16.1 Å². The second-order valence-corrected chi connectivity index (χ2v) is 8.71. The quantitative estimate of drug-likeness (QED) is 0.288. The molecule has 1 aliphatic heterocycles. The lowest BCUT2D eigenvalue weighted by Crippen LogP contribution is -2.39. The van der Waals surface area contributed by atoms with Gasteiger partial charge in [-0.25, -0.2) is 4.98 Å². The highest BCUT2D eigenvalue weighted by atomic mass is 32.1. The van der Waals surface area contributed by atoms with E-state index in [1.807, 2.05) is 0 Å². The van der Waals surface area contributed by atoms with Crippen molar-refractivity contribution in [2.24, 2.45) is 10.9 Å². The number of nitrogens with one attached hydrogen (secondary N) is 2. The zero-order chi connectivity index (χ0) is 20.7. The van der Waals surface area contributed by atoms with E-state index >= 15 is 0 Å². The van der Waals surface area contributed by atoms with Crippen LogP contribution < -0.4 is 10.6 Å². The summed E-state index contributed by atoms with van der Waals surface area (Å²) in [7, 11) is 0. The van der Waals surface area contributed by atoms with Crippen molar-refractivity contribution in [1.82, 2.24) is 20.5 Å². The van der Waals surface area contributed by atoms with Gasteiger partial charge in [-0.2, -0.15) is 0 Å². The molecular weight excluding hydrogens is 382 g/mol. The van der Waals surface area contributed by atoms with Crippen LogP contribution in [0.3, 0.4) is 0 Å². The third-order valence-corrected chi connectivity index (χ3v) is 6.29. The van der Waals surface area contributed by atoms with E-state index in [9.17, 15) is 0 Å². The summed E-state index contributed by atoms with van der Waals surface area (Å²) < 4.78 is 5.62. The number of unbranched alkanes of at least 4 members (excludes halogenated alkanes) is 1. The standard InChI is InChI=1S/C22H41N5OS/c1-4-7-14-28-15-8-11-24-22(23-6-3)25-16-19-9-12-27(13-10-19)17-20-18-29-21(5-2)26-20/h18-19H,4-17H2,1-3H3,(H2,23,24,25). The van der Waals surface area contributed by atoms with E-state index in [2.05, 4.69) is 41.7 Å². The number of guanidine groups is 1. The molecule has 0 aliphatic carbocycles. The Balaban J connectivity index is 1.63. The zero-order valence-corrected chi connectivity index (χ0v) is 19.5. The molecular formula is C22H41N5OS. The Morgan fingerprint density at radius 2 is 2.00 bits per heavy atom. The summed E-state index contributed by atoms with van der Waals surface area (Å²) in [4.78, 5) is 12.1. The summed E-state index contributed by atoms with van der Waals surface area (Å²) in [5, 5.41) is 10.3. The van der Waals surface area contributed by atoms with Crippen LogP contribution in [0.25, 0.3) is 0 Å². The van der Waals surface area contributed by atoms with E-state index in [0.29, 0.717) is 5.92 Å². The molecule has 0 spiro atoms. The van der Waals surface area contributed by atoms with Crippen LogP contribution in [0.4, 0.5) is 0 Å². The van der Waals surface area contributed by atoms with E-state index in [1.54, 1.807) is 11.3 Å². The maximum Gasteiger partial charge on any atom is 0.191 e. The normalized spacial score (nSPS) is 16.3. The van der Waals surface area contributed by atoms with E-state index in [4.69, 9.17) is 14.7 Å². The highest BCUT2D eigenvalue weighted by Crippen LogP contribution is 2.20. The Morgan fingerprint density at radius 1 is 1.21 bits per heavy atom. The number of hydrogen-bond acceptors (Lipinski definition) is 5. The van der Waals surface area contributed by atoms with Gasteiger partial charge < -0.3 is 15.4 Å². The van der Waals surface area contributed by atoms with Gasteiger partial charge in [0.2, 0.25) is 0 Å². The summed E-state index contributed by atoms with van der Waals surface area (Å²) in [5.74, 6) is 1.62. The SMILES string of the molecule is CCCCOCCCNC(=NCC1CCN(Cc2csc(CC)n2)CC1)NCC. The number of aryl methyl sites for hydroxylation is 1. The average molecular weight is 424 g/mol. The van der Waals surface area contributed by atoms with Crippen LogP contribution in [-0.4, -0.2) is 61.8 Å². The molecule has 2 heterocycles. The lowest BCUT2D eigenvalue weighted by atomic mass is 9.97. The van der Waals surface area contributed by atoms with Gasteiger partial charge in [-0.05, 0) is 58.0 Å². The maximum absolute atomic E-state index is 5.62. The third kappa shape index (κ3) is 9.92. The summed E-state index contributed by atoms with van der Waals surface area (Å²) >= 11 is 1.79. The molecule has 2 N–H and O–H groups in total. The van der Waals surface area contributed by atoms with E-state index in [1.165, 1.54) is 30.0 Å². The fraction of sp³-hybridized carbons (Fsp3) is 0.818. The minimum absolute atomic E-state index is 0.681. The minimum Gasteiger partial charge on any atom is -0.381 e. The van der Waals surface area contributed by atoms with Crippen LogP contribution in [0.1, 0.15) is 63.6 Å². The van der Waals surface area contributed by atoms with Crippen molar-refractivity contribution in [1.29, 1.82) is 0 Å². The van der Waals surface area contributed by atoms with Gasteiger partial charge in [0, 0.05) is 44.8 Å². The third-order valence-electron chi connectivity index (χ3n) is 5.25. The molecule has 1 aliphatic rings. The van der Waals surface area contributed by atoms with E-state index < -0.39 is 0 Å². The van der Waals surface area contributed by atoms with Gasteiger partial charge in [-0.3, -0.25) is 9.89 Å². The predicted molar refractivity (Wildman–Crippen MR) is 124 cm³/mol. The molecule has 2 rings (SSSR count). The molecule has 6 nitrogen and oxygen atoms in total. The van der Waals surface area contributed by atoms with E-state index in [0.717, 1.165) is 77.7 Å². The first-order valence-electron chi connectivity index (χ1n) is 11.5. The number of rotatable bonds is 13. The van der Waals surface area contributed by atoms with Crippen LogP contribution >= 0.6 is 11.3 Å². The molecule has 0 radical (unpaired) electrons. The molecule has 166 valence electrons. The van der Waals surface area contributed by atoms with Crippen molar-refractivity contribution in [2.45, 2.75) is 65.8 Å². The Bertz CT molecular complexity index is 569. The molecule has 0 saturated carbocycles. The molecule has 0 amide bonds. The summed E-state index contributed by atoms with van der Waals surface area (Å²) in [5.41, 5.74) is 1.24. The fourth-order valence-electron chi connectivity index (χ4n) is 3.43. The maximum atomic E-state index is 5.62. The van der Waals surface area contributed by atoms with E-state index in [-0.39, 0.29) is 0 Å². The topological polar surface area (TPSA) is 61.8 Å². The smallest absolute Gasteiger partial charge is 0.191 e. The number of aromatic nitrogens is 1. The highest BCUT2D eigenvalue weighted by molar-refractivity contribution is 7.09. The number of likely N-dealkylation sites (tertiary alicyclic amines) is 1. The Morgan fingerprint density at radius 3 is 2.69 bits per heavy atom. The summed E-state index contributed by atoms with van der Waals surface area (Å²) in [6, 6.07) is 0. The summed E-state index contributed by atoms with van der Waals surface area (Å²) in [6.45, 7) is 14.2. The first-order chi connectivity index (χ1) is 14.2. The van der Waals surface area contributed by atoms with Crippen LogP contribution in [0.15, 0.2) is 10.4 Å². The van der Waals surface area contributed by atoms with Crippen molar-refractivity contribution in [3.8, 4) is 0 Å². The number of thiazole rings is 1. The molecule has 0 bridgehead atoms. The zero-order valence-electron chi connectivity index (χ0n) is 18.7. The number of piperidine rings is 1. The van der Waals surface area contributed by atoms with Crippen LogP contribution in [0.5, 0.6) is 0 Å². The average Bonchev–Trinajstić information content (AvgIpc) is 3.20. The molecule has 1 saturated heterocycles. The van der Waals surface area contributed by atoms with Crippen molar-refractivity contribution < 1.29 is 4.74 Å². The molecule has 0 unspecified atom stereocenters. The predicted octanol–water partition coefficient (Wildman–Crippen LogP) is 3.68. The van der Waals surface area contributed by atoms with Crippen molar-refractivity contribution in [2.75, 3.05) is 45.9 Å². The minimum atomic E-state index is 0.681. The molecule has 29 heavy (non-hydrogen) atoms. The second-order valence-electron chi connectivity index (χ2n) is 7.77. The number of hydrogen-bond donors (Lipinski definition) is 2. The molecule has 0 aromatic carbocycles. The van der Waals surface area contributed by atoms with Gasteiger partial charge in [0.05, 0.1) is 10.7 Å². The summed E-state index contributed by atoms with van der Waals surface area (Å²) in [6.07, 6.45) is 6.85. The number of nitrogens with zero attached hydrogens (tertiary/aromatic N) is 3. The molecule has 1 aromatic heterocycles.